The summed E-state index contributed by atoms with van der Waals surface area (Å²) in [5.74, 6) is 1.52. The van der Waals surface area contributed by atoms with E-state index < -0.39 is 0 Å². The number of nitrogens with two attached hydrogens (primary N) is 1. The zero-order chi connectivity index (χ0) is 14.8. The minimum Gasteiger partial charge on any atom is -0.383 e. The lowest BCUT2D eigenvalue weighted by Crippen LogP contribution is -2.10. The largest absolute Gasteiger partial charge is 0.383 e. The van der Waals surface area contributed by atoms with Crippen molar-refractivity contribution < 1.29 is 0 Å². The molecule has 0 radical (unpaired) electrons. The van der Waals surface area contributed by atoms with Gasteiger partial charge in [-0.15, -0.1) is 0 Å². The number of aromatic nitrogens is 2. The molecule has 1 aromatic carbocycles. The molecule has 21 heavy (non-hydrogen) atoms. The van der Waals surface area contributed by atoms with Crippen LogP contribution in [-0.4, -0.2) is 9.78 Å². The van der Waals surface area contributed by atoms with Crippen LogP contribution in [0.5, 0.6) is 0 Å². The summed E-state index contributed by atoms with van der Waals surface area (Å²) in [5, 5.41) is 4.69. The summed E-state index contributed by atoms with van der Waals surface area (Å²) in [6, 6.07) is 8.26. The average molecular weight is 348 g/mol. The number of nitrogen functional groups attached to an aromatic ring is 1. The summed E-state index contributed by atoms with van der Waals surface area (Å²) < 4.78 is 2.89. The highest BCUT2D eigenvalue weighted by Gasteiger charge is 2.22. The lowest BCUT2D eigenvalue weighted by Gasteiger charge is -2.21. The molecule has 1 saturated carbocycles. The number of hydrogen-bond acceptors (Lipinski definition) is 2. The van der Waals surface area contributed by atoms with Gasteiger partial charge in [-0.1, -0.05) is 66.2 Å². The van der Waals surface area contributed by atoms with Gasteiger partial charge in [0.25, 0.3) is 0 Å². The van der Waals surface area contributed by atoms with E-state index in [-0.39, 0.29) is 0 Å². The number of rotatable bonds is 3. The van der Waals surface area contributed by atoms with Gasteiger partial charge in [0.05, 0.1) is 5.69 Å². The fourth-order valence-electron chi connectivity index (χ4n) is 3.36. The van der Waals surface area contributed by atoms with Crippen molar-refractivity contribution in [2.75, 3.05) is 5.73 Å². The van der Waals surface area contributed by atoms with Crippen molar-refractivity contribution in [3.63, 3.8) is 0 Å². The first-order valence-corrected chi connectivity index (χ1v) is 8.52. The molecule has 2 N–H and O–H groups in total. The maximum absolute atomic E-state index is 6.29. The third-order valence-corrected chi connectivity index (χ3v) is 5.21. The van der Waals surface area contributed by atoms with Crippen LogP contribution in [0.25, 0.3) is 11.1 Å². The molecule has 0 saturated heterocycles. The van der Waals surface area contributed by atoms with Crippen LogP contribution in [0.2, 0.25) is 0 Å². The highest BCUT2D eigenvalue weighted by Crippen LogP contribution is 2.37. The van der Waals surface area contributed by atoms with E-state index in [1.807, 2.05) is 17.8 Å². The average Bonchev–Trinajstić information content (AvgIpc) is 2.76. The Bertz CT molecular complexity index is 627. The zero-order valence-corrected chi connectivity index (χ0v) is 14.1. The Balaban J connectivity index is 1.97. The van der Waals surface area contributed by atoms with E-state index >= 15 is 0 Å². The molecule has 4 heteroatoms. The Morgan fingerprint density at radius 1 is 1.24 bits per heavy atom. The first-order chi connectivity index (χ1) is 10.2. The quantitative estimate of drug-likeness (QED) is 0.884. The van der Waals surface area contributed by atoms with Crippen molar-refractivity contribution >= 4 is 21.7 Å². The van der Waals surface area contributed by atoms with Crippen LogP contribution in [-0.2, 0) is 13.5 Å². The van der Waals surface area contributed by atoms with Crippen molar-refractivity contribution in [3.8, 4) is 11.1 Å². The monoisotopic (exact) mass is 347 g/mol. The standard InChI is InChI=1S/C17H22BrN3/c1-21-17(19)16(13-9-5-6-10-14(13)18)15(20-21)11-12-7-3-2-4-8-12/h5-6,9-10,12H,2-4,7-8,11,19H2,1H3. The maximum Gasteiger partial charge on any atom is 0.129 e. The normalized spacial score (nSPS) is 16.3. The molecule has 1 aromatic heterocycles. The Morgan fingerprint density at radius 2 is 1.95 bits per heavy atom. The summed E-state index contributed by atoms with van der Waals surface area (Å²) in [6.07, 6.45) is 7.80. The van der Waals surface area contributed by atoms with E-state index in [0.717, 1.165) is 39.5 Å². The van der Waals surface area contributed by atoms with Crippen molar-refractivity contribution in [3.05, 3.63) is 34.4 Å². The minimum atomic E-state index is 0.757. The van der Waals surface area contributed by atoms with Gasteiger partial charge in [-0.2, -0.15) is 5.10 Å². The number of aryl methyl sites for hydroxylation is 1. The maximum atomic E-state index is 6.29. The first kappa shape index (κ1) is 14.6. The molecule has 0 unspecified atom stereocenters. The van der Waals surface area contributed by atoms with E-state index in [2.05, 4.69) is 34.1 Å². The summed E-state index contributed by atoms with van der Waals surface area (Å²) in [7, 11) is 1.93. The van der Waals surface area contributed by atoms with Crippen molar-refractivity contribution in [1.82, 2.24) is 9.78 Å². The van der Waals surface area contributed by atoms with Crippen LogP contribution in [0, 0.1) is 5.92 Å². The predicted molar refractivity (Wildman–Crippen MR) is 91.0 cm³/mol. The van der Waals surface area contributed by atoms with Gasteiger partial charge in [-0.3, -0.25) is 4.68 Å². The second-order valence-corrected chi connectivity index (χ2v) is 6.87. The van der Waals surface area contributed by atoms with Crippen molar-refractivity contribution in [2.45, 2.75) is 38.5 Å². The molecular formula is C17H22BrN3. The lowest BCUT2D eigenvalue weighted by molar-refractivity contribution is 0.354. The van der Waals surface area contributed by atoms with Crippen LogP contribution in [0.4, 0.5) is 5.82 Å². The van der Waals surface area contributed by atoms with Crippen LogP contribution < -0.4 is 5.73 Å². The van der Waals surface area contributed by atoms with E-state index in [0.29, 0.717) is 0 Å². The summed E-state index contributed by atoms with van der Waals surface area (Å²) in [5.41, 5.74) is 9.69. The number of benzene rings is 1. The molecule has 3 rings (SSSR count). The fourth-order valence-corrected chi connectivity index (χ4v) is 3.84. The number of halogens is 1. The summed E-state index contributed by atoms with van der Waals surface area (Å²) >= 11 is 3.64. The van der Waals surface area contributed by atoms with Crippen LogP contribution in [0.3, 0.4) is 0 Å². The Kier molecular flexibility index (Phi) is 4.34. The SMILES string of the molecule is Cn1nc(CC2CCCCC2)c(-c2ccccc2Br)c1N. The van der Waals surface area contributed by atoms with Gasteiger partial charge >= 0.3 is 0 Å². The molecule has 0 spiro atoms. The van der Waals surface area contributed by atoms with Gasteiger partial charge in [0.15, 0.2) is 0 Å². The molecule has 1 aliphatic rings. The molecule has 0 atom stereocenters. The van der Waals surface area contributed by atoms with Gasteiger partial charge in [0.1, 0.15) is 5.82 Å². The Labute approximate surface area is 134 Å². The third-order valence-electron chi connectivity index (χ3n) is 4.51. The molecule has 0 bridgehead atoms. The lowest BCUT2D eigenvalue weighted by atomic mass is 9.85. The minimum absolute atomic E-state index is 0.757. The highest BCUT2D eigenvalue weighted by atomic mass is 79.9. The smallest absolute Gasteiger partial charge is 0.129 e. The topological polar surface area (TPSA) is 43.8 Å². The molecule has 1 fully saturated rings. The van der Waals surface area contributed by atoms with Gasteiger partial charge in [-0.25, -0.2) is 0 Å². The second-order valence-electron chi connectivity index (χ2n) is 6.02. The molecule has 0 aliphatic heterocycles. The van der Waals surface area contributed by atoms with Crippen LogP contribution >= 0.6 is 15.9 Å². The van der Waals surface area contributed by atoms with Gasteiger partial charge in [0.2, 0.25) is 0 Å². The Hall–Kier alpha value is -1.29. The predicted octanol–water partition coefficient (Wildman–Crippen LogP) is 4.55. The fraction of sp³-hybridized carbons (Fsp3) is 0.471. The number of anilines is 1. The van der Waals surface area contributed by atoms with Gasteiger partial charge in [-0.05, 0) is 18.4 Å². The van der Waals surface area contributed by atoms with Crippen LogP contribution in [0.15, 0.2) is 28.7 Å². The van der Waals surface area contributed by atoms with E-state index in [4.69, 9.17) is 10.8 Å². The van der Waals surface area contributed by atoms with Gasteiger partial charge < -0.3 is 5.73 Å². The zero-order valence-electron chi connectivity index (χ0n) is 12.5. The van der Waals surface area contributed by atoms with E-state index in [9.17, 15) is 0 Å². The highest BCUT2D eigenvalue weighted by molar-refractivity contribution is 9.10. The Morgan fingerprint density at radius 3 is 2.67 bits per heavy atom. The molecule has 2 aromatic rings. The molecule has 1 heterocycles. The number of nitrogens with zero attached hydrogens (tertiary/aromatic N) is 2. The van der Waals surface area contributed by atoms with Crippen LogP contribution in [0.1, 0.15) is 37.8 Å². The van der Waals surface area contributed by atoms with Crippen molar-refractivity contribution in [2.24, 2.45) is 13.0 Å². The molecular weight excluding hydrogens is 326 g/mol. The third kappa shape index (κ3) is 3.00. The first-order valence-electron chi connectivity index (χ1n) is 7.73. The summed E-state index contributed by atoms with van der Waals surface area (Å²) in [4.78, 5) is 0. The molecule has 0 amide bonds. The van der Waals surface area contributed by atoms with Crippen molar-refractivity contribution in [1.29, 1.82) is 0 Å². The van der Waals surface area contributed by atoms with Gasteiger partial charge in [0, 0.05) is 22.6 Å². The molecule has 1 aliphatic carbocycles. The number of hydrogen-bond donors (Lipinski definition) is 1. The second kappa shape index (κ2) is 6.22. The molecule has 3 nitrogen and oxygen atoms in total. The summed E-state index contributed by atoms with van der Waals surface area (Å²) in [6.45, 7) is 0. The van der Waals surface area contributed by atoms with E-state index in [1.165, 1.54) is 32.1 Å². The van der Waals surface area contributed by atoms with E-state index in [1.54, 1.807) is 0 Å². The molecule has 112 valence electrons.